The van der Waals surface area contributed by atoms with Gasteiger partial charge in [0.25, 0.3) is 5.91 Å². The fourth-order valence-corrected chi connectivity index (χ4v) is 1.42. The van der Waals surface area contributed by atoms with Gasteiger partial charge < -0.3 is 19.7 Å². The fraction of sp³-hybridized carbons (Fsp3) is 0.375. The summed E-state index contributed by atoms with van der Waals surface area (Å²) in [5.41, 5.74) is 0. The SMILES string of the molecule is C[N+](C)(CCCNC(=O)C#CC#CC#CC#CF)CC(=O)[O-]. The van der Waals surface area contributed by atoms with Crippen LogP contribution in [-0.4, -0.2) is 50.1 Å². The van der Waals surface area contributed by atoms with Gasteiger partial charge in [-0.05, 0) is 17.8 Å². The zero-order valence-electron chi connectivity index (χ0n) is 12.4. The highest BCUT2D eigenvalue weighted by Gasteiger charge is 2.14. The van der Waals surface area contributed by atoms with Gasteiger partial charge in [-0.3, -0.25) is 4.79 Å². The third-order valence-corrected chi connectivity index (χ3v) is 2.32. The zero-order valence-corrected chi connectivity index (χ0v) is 12.4. The number of amides is 1. The molecule has 0 aromatic rings. The molecule has 0 bridgehead atoms. The van der Waals surface area contributed by atoms with E-state index in [1.807, 2.05) is 5.92 Å². The van der Waals surface area contributed by atoms with Crippen molar-refractivity contribution in [1.82, 2.24) is 5.32 Å². The fourth-order valence-electron chi connectivity index (χ4n) is 1.42. The summed E-state index contributed by atoms with van der Waals surface area (Å²) in [7, 11) is 3.53. The predicted molar refractivity (Wildman–Crippen MR) is 76.7 cm³/mol. The highest BCUT2D eigenvalue weighted by Crippen LogP contribution is 1.97. The van der Waals surface area contributed by atoms with Crippen molar-refractivity contribution in [2.75, 3.05) is 33.7 Å². The minimum absolute atomic E-state index is 0.0862. The van der Waals surface area contributed by atoms with Crippen LogP contribution in [-0.2, 0) is 9.59 Å². The molecular formula is C16H15FN2O3. The number of rotatable bonds is 6. The second-order valence-electron chi connectivity index (χ2n) is 4.77. The molecule has 6 heteroatoms. The van der Waals surface area contributed by atoms with Crippen molar-refractivity contribution < 1.29 is 23.6 Å². The molecule has 0 heterocycles. The van der Waals surface area contributed by atoms with Gasteiger partial charge in [-0.2, -0.15) is 0 Å². The third kappa shape index (κ3) is 12.1. The maximum Gasteiger partial charge on any atom is 0.296 e. The van der Waals surface area contributed by atoms with Crippen molar-refractivity contribution in [2.45, 2.75) is 6.42 Å². The molecule has 0 spiro atoms. The van der Waals surface area contributed by atoms with Crippen molar-refractivity contribution in [3.8, 4) is 47.6 Å². The molecule has 0 rings (SSSR count). The number of quaternary nitrogens is 1. The minimum atomic E-state index is -1.11. The van der Waals surface area contributed by atoms with Gasteiger partial charge in [0.2, 0.25) is 0 Å². The Morgan fingerprint density at radius 3 is 2.27 bits per heavy atom. The van der Waals surface area contributed by atoms with E-state index in [0.717, 1.165) is 6.17 Å². The first-order valence-electron chi connectivity index (χ1n) is 6.29. The monoisotopic (exact) mass is 302 g/mol. The van der Waals surface area contributed by atoms with Gasteiger partial charge >= 0.3 is 0 Å². The maximum absolute atomic E-state index is 11.3. The van der Waals surface area contributed by atoms with Crippen molar-refractivity contribution in [3.63, 3.8) is 0 Å². The van der Waals surface area contributed by atoms with E-state index in [9.17, 15) is 19.1 Å². The van der Waals surface area contributed by atoms with Crippen molar-refractivity contribution in [1.29, 1.82) is 0 Å². The van der Waals surface area contributed by atoms with Crippen LogP contribution in [0.15, 0.2) is 0 Å². The molecule has 0 aliphatic rings. The predicted octanol–water partition coefficient (Wildman–Crippen LogP) is -1.74. The molecule has 0 aromatic heterocycles. The summed E-state index contributed by atoms with van der Waals surface area (Å²) < 4.78 is 11.6. The number of carboxylic acid groups (broad SMARTS) is 1. The number of halogens is 1. The van der Waals surface area contributed by atoms with Crippen molar-refractivity contribution in [2.24, 2.45) is 0 Å². The average molecular weight is 302 g/mol. The number of carbonyl (C=O) groups is 2. The lowest BCUT2D eigenvalue weighted by molar-refractivity contribution is -0.884. The molecule has 0 aromatic carbocycles. The van der Waals surface area contributed by atoms with Gasteiger partial charge in [-0.1, -0.05) is 0 Å². The van der Waals surface area contributed by atoms with Gasteiger partial charge in [0.15, 0.2) is 0 Å². The van der Waals surface area contributed by atoms with E-state index >= 15 is 0 Å². The number of carbonyl (C=O) groups excluding carboxylic acids is 2. The first-order valence-corrected chi connectivity index (χ1v) is 6.29. The molecule has 0 aliphatic heterocycles. The zero-order chi connectivity index (χ0) is 16.8. The standard InChI is InChI=1S/C16H15FN2O3/c1-19(2,14-16(21)22)13-9-12-18-15(20)10-7-5-3-4-6-8-11-17/h9,12-14H2,1-2H3,(H-,18,20,21,22). The summed E-state index contributed by atoms with van der Waals surface area (Å²) in [5, 5.41) is 13.1. The smallest absolute Gasteiger partial charge is 0.296 e. The Morgan fingerprint density at radius 1 is 1.09 bits per heavy atom. The maximum atomic E-state index is 11.3. The van der Waals surface area contributed by atoms with Crippen molar-refractivity contribution >= 4 is 11.9 Å². The number of hydrogen-bond donors (Lipinski definition) is 1. The van der Waals surface area contributed by atoms with Gasteiger partial charge in [-0.25, -0.2) is 0 Å². The van der Waals surface area contributed by atoms with E-state index in [-0.39, 0.29) is 11.0 Å². The largest absolute Gasteiger partial charge is 0.544 e. The molecule has 0 atom stereocenters. The van der Waals surface area contributed by atoms with Crippen LogP contribution >= 0.6 is 0 Å². The van der Waals surface area contributed by atoms with Crippen LogP contribution in [0, 0.1) is 47.6 Å². The van der Waals surface area contributed by atoms with Crippen LogP contribution in [0.3, 0.4) is 0 Å². The normalized spacial score (nSPS) is 8.50. The number of carboxylic acids is 1. The highest BCUT2D eigenvalue weighted by atomic mass is 19.1. The van der Waals surface area contributed by atoms with E-state index in [1.54, 1.807) is 14.1 Å². The van der Waals surface area contributed by atoms with Crippen LogP contribution in [0.5, 0.6) is 0 Å². The molecular weight excluding hydrogens is 287 g/mol. The van der Waals surface area contributed by atoms with E-state index in [4.69, 9.17) is 0 Å². The Balaban J connectivity index is 4.04. The second kappa shape index (κ2) is 10.8. The summed E-state index contributed by atoms with van der Waals surface area (Å²) in [5.74, 6) is 13.7. The Bertz CT molecular complexity index is 652. The molecule has 0 fully saturated rings. The minimum Gasteiger partial charge on any atom is -0.544 e. The van der Waals surface area contributed by atoms with Crippen LogP contribution in [0.4, 0.5) is 4.39 Å². The lowest BCUT2D eigenvalue weighted by Gasteiger charge is -2.30. The lowest BCUT2D eigenvalue weighted by Crippen LogP contribution is -2.49. The molecule has 0 aliphatic carbocycles. The van der Waals surface area contributed by atoms with Crippen LogP contribution in [0.1, 0.15) is 6.42 Å². The van der Waals surface area contributed by atoms with E-state index < -0.39 is 11.9 Å². The summed E-state index contributed by atoms with van der Waals surface area (Å²) in [6.07, 6.45) is 1.70. The number of nitrogens with zero attached hydrogens (tertiary/aromatic N) is 1. The van der Waals surface area contributed by atoms with E-state index in [1.165, 1.54) is 0 Å². The first kappa shape index (κ1) is 19.1. The molecule has 0 saturated carbocycles. The molecule has 1 amide bonds. The molecule has 5 nitrogen and oxygen atoms in total. The van der Waals surface area contributed by atoms with Gasteiger partial charge in [0.05, 0.1) is 26.6 Å². The Kier molecular flexibility index (Phi) is 9.37. The second-order valence-corrected chi connectivity index (χ2v) is 4.77. The summed E-state index contributed by atoms with van der Waals surface area (Å²) in [4.78, 5) is 21.8. The number of nitrogens with one attached hydrogen (secondary N) is 1. The third-order valence-electron chi connectivity index (χ3n) is 2.32. The first-order chi connectivity index (χ1) is 10.4. The molecule has 1 N–H and O–H groups in total. The number of aliphatic carboxylic acids is 1. The van der Waals surface area contributed by atoms with Gasteiger partial charge in [0, 0.05) is 36.6 Å². The Hall–Kier alpha value is -2.93. The average Bonchev–Trinajstić information content (AvgIpc) is 2.41. The van der Waals surface area contributed by atoms with Gasteiger partial charge in [0.1, 0.15) is 12.7 Å². The molecule has 22 heavy (non-hydrogen) atoms. The molecule has 0 unspecified atom stereocenters. The molecule has 0 saturated heterocycles. The molecule has 0 radical (unpaired) electrons. The Morgan fingerprint density at radius 2 is 1.68 bits per heavy atom. The summed E-state index contributed by atoms with van der Waals surface area (Å²) >= 11 is 0. The van der Waals surface area contributed by atoms with Crippen LogP contribution in [0.2, 0.25) is 0 Å². The van der Waals surface area contributed by atoms with Crippen LogP contribution < -0.4 is 10.4 Å². The van der Waals surface area contributed by atoms with E-state index in [2.05, 4.69) is 40.8 Å². The van der Waals surface area contributed by atoms with Crippen molar-refractivity contribution in [3.05, 3.63) is 0 Å². The summed E-state index contributed by atoms with van der Waals surface area (Å²) in [6, 6.07) is 0. The summed E-state index contributed by atoms with van der Waals surface area (Å²) in [6.45, 7) is 0.866. The Labute approximate surface area is 129 Å². The number of likely N-dealkylation sites (N-methyl/N-ethyl adjacent to an activating group) is 1. The number of hydrogen-bond acceptors (Lipinski definition) is 3. The van der Waals surface area contributed by atoms with Crippen LogP contribution in [0.25, 0.3) is 0 Å². The molecule has 114 valence electrons. The lowest BCUT2D eigenvalue weighted by atomic mass is 10.3. The highest BCUT2D eigenvalue weighted by molar-refractivity contribution is 5.94. The van der Waals surface area contributed by atoms with E-state index in [0.29, 0.717) is 19.5 Å². The van der Waals surface area contributed by atoms with Gasteiger partial charge in [-0.15, -0.1) is 4.39 Å². The topological polar surface area (TPSA) is 69.2 Å². The quantitative estimate of drug-likeness (QED) is 0.360.